The summed E-state index contributed by atoms with van der Waals surface area (Å²) in [5.74, 6) is 1.54. The maximum atomic E-state index is 11.6. The molecular weight excluding hydrogens is 256 g/mol. The third kappa shape index (κ3) is 2.84. The molecule has 2 fully saturated rings. The molecular formula is C14H20N4O2. The van der Waals surface area contributed by atoms with Gasteiger partial charge in [0.15, 0.2) is 0 Å². The van der Waals surface area contributed by atoms with E-state index in [1.54, 1.807) is 7.11 Å². The Bertz CT molecular complexity index is 516. The smallest absolute Gasteiger partial charge is 0.318 e. The van der Waals surface area contributed by atoms with Gasteiger partial charge in [-0.3, -0.25) is 4.79 Å². The van der Waals surface area contributed by atoms with E-state index in [1.165, 1.54) is 12.8 Å². The number of hydrogen-bond donors (Lipinski definition) is 2. The van der Waals surface area contributed by atoms with Crippen LogP contribution >= 0.6 is 0 Å². The summed E-state index contributed by atoms with van der Waals surface area (Å²) in [5.41, 5.74) is 0.863. The van der Waals surface area contributed by atoms with E-state index >= 15 is 0 Å². The molecule has 2 aliphatic rings. The fourth-order valence-electron chi connectivity index (χ4n) is 2.78. The molecule has 1 aliphatic carbocycles. The van der Waals surface area contributed by atoms with E-state index in [0.29, 0.717) is 18.3 Å². The van der Waals surface area contributed by atoms with Gasteiger partial charge in [0.2, 0.25) is 5.91 Å². The predicted molar refractivity (Wildman–Crippen MR) is 74.6 cm³/mol. The van der Waals surface area contributed by atoms with Gasteiger partial charge in [0, 0.05) is 24.2 Å². The SMILES string of the molecule is COc1nc(C)cc(N[C@@H]2CCC(=O)N[C@H]2C2CC2)n1. The molecule has 2 atom stereocenters. The topological polar surface area (TPSA) is 76.1 Å². The highest BCUT2D eigenvalue weighted by Gasteiger charge is 2.40. The molecule has 2 heterocycles. The molecule has 0 spiro atoms. The van der Waals surface area contributed by atoms with Crippen molar-refractivity contribution in [1.29, 1.82) is 0 Å². The van der Waals surface area contributed by atoms with Gasteiger partial charge in [-0.1, -0.05) is 0 Å². The van der Waals surface area contributed by atoms with Crippen LogP contribution in [0.5, 0.6) is 6.01 Å². The van der Waals surface area contributed by atoms with Crippen molar-refractivity contribution in [2.75, 3.05) is 12.4 Å². The molecule has 108 valence electrons. The summed E-state index contributed by atoms with van der Waals surface area (Å²) in [4.78, 5) is 20.1. The number of hydrogen-bond acceptors (Lipinski definition) is 5. The highest BCUT2D eigenvalue weighted by atomic mass is 16.5. The van der Waals surface area contributed by atoms with Crippen LogP contribution in [0, 0.1) is 12.8 Å². The number of aryl methyl sites for hydroxylation is 1. The van der Waals surface area contributed by atoms with Crippen molar-refractivity contribution in [3.63, 3.8) is 0 Å². The Hall–Kier alpha value is -1.85. The Morgan fingerprint density at radius 3 is 2.85 bits per heavy atom. The van der Waals surface area contributed by atoms with Gasteiger partial charge >= 0.3 is 6.01 Å². The van der Waals surface area contributed by atoms with Crippen molar-refractivity contribution in [3.05, 3.63) is 11.8 Å². The predicted octanol–water partition coefficient (Wildman–Crippen LogP) is 1.26. The van der Waals surface area contributed by atoms with Gasteiger partial charge < -0.3 is 15.4 Å². The molecule has 2 N–H and O–H groups in total. The minimum atomic E-state index is 0.163. The lowest BCUT2D eigenvalue weighted by atomic mass is 9.94. The summed E-state index contributed by atoms with van der Waals surface area (Å²) in [6, 6.07) is 2.73. The van der Waals surface area contributed by atoms with E-state index < -0.39 is 0 Å². The number of carbonyl (C=O) groups excluding carboxylic acids is 1. The van der Waals surface area contributed by atoms with E-state index in [2.05, 4.69) is 20.6 Å². The lowest BCUT2D eigenvalue weighted by Crippen LogP contribution is -2.52. The monoisotopic (exact) mass is 276 g/mol. The molecule has 1 aromatic heterocycles. The van der Waals surface area contributed by atoms with Crippen LogP contribution in [0.25, 0.3) is 0 Å². The molecule has 1 aliphatic heterocycles. The van der Waals surface area contributed by atoms with Gasteiger partial charge in [0.1, 0.15) is 5.82 Å². The first-order chi connectivity index (χ1) is 9.65. The summed E-state index contributed by atoms with van der Waals surface area (Å²) >= 11 is 0. The number of methoxy groups -OCH3 is 1. The second-order valence-electron chi connectivity index (χ2n) is 5.60. The largest absolute Gasteiger partial charge is 0.467 e. The van der Waals surface area contributed by atoms with Crippen LogP contribution in [0.2, 0.25) is 0 Å². The van der Waals surface area contributed by atoms with E-state index in [9.17, 15) is 4.79 Å². The van der Waals surface area contributed by atoms with E-state index in [1.807, 2.05) is 13.0 Å². The summed E-state index contributed by atoms with van der Waals surface area (Å²) in [6.45, 7) is 1.91. The number of ether oxygens (including phenoxy) is 1. The van der Waals surface area contributed by atoms with Crippen LogP contribution in [-0.2, 0) is 4.79 Å². The molecule has 1 aromatic rings. The van der Waals surface area contributed by atoms with Crippen molar-refractivity contribution in [3.8, 4) is 6.01 Å². The van der Waals surface area contributed by atoms with Crippen molar-refractivity contribution in [2.24, 2.45) is 5.92 Å². The van der Waals surface area contributed by atoms with Crippen LogP contribution in [-0.4, -0.2) is 35.1 Å². The molecule has 6 nitrogen and oxygen atoms in total. The minimum Gasteiger partial charge on any atom is -0.467 e. The third-order valence-electron chi connectivity index (χ3n) is 3.92. The second kappa shape index (κ2) is 5.26. The van der Waals surface area contributed by atoms with E-state index in [4.69, 9.17) is 4.74 Å². The Labute approximate surface area is 118 Å². The quantitative estimate of drug-likeness (QED) is 0.866. The van der Waals surface area contributed by atoms with Gasteiger partial charge in [0.05, 0.1) is 13.2 Å². The van der Waals surface area contributed by atoms with Gasteiger partial charge in [-0.05, 0) is 32.1 Å². The Balaban J connectivity index is 1.75. The lowest BCUT2D eigenvalue weighted by Gasteiger charge is -2.33. The first kappa shape index (κ1) is 13.1. The molecule has 0 unspecified atom stereocenters. The van der Waals surface area contributed by atoms with E-state index in [0.717, 1.165) is 17.9 Å². The Kier molecular flexibility index (Phi) is 3.46. The molecule has 0 bridgehead atoms. The summed E-state index contributed by atoms with van der Waals surface area (Å²) < 4.78 is 5.10. The number of piperidine rings is 1. The first-order valence-electron chi connectivity index (χ1n) is 7.11. The number of amides is 1. The molecule has 1 saturated heterocycles. The number of anilines is 1. The second-order valence-corrected chi connectivity index (χ2v) is 5.60. The van der Waals surface area contributed by atoms with Crippen LogP contribution in [0.15, 0.2) is 6.07 Å². The lowest BCUT2D eigenvalue weighted by molar-refractivity contribution is -0.123. The average molecular weight is 276 g/mol. The van der Waals surface area contributed by atoms with Crippen LogP contribution in [0.4, 0.5) is 5.82 Å². The fourth-order valence-corrected chi connectivity index (χ4v) is 2.78. The van der Waals surface area contributed by atoms with Gasteiger partial charge in [-0.25, -0.2) is 4.98 Å². The van der Waals surface area contributed by atoms with Crippen LogP contribution in [0.1, 0.15) is 31.4 Å². The van der Waals surface area contributed by atoms with E-state index in [-0.39, 0.29) is 18.0 Å². The van der Waals surface area contributed by atoms with Gasteiger partial charge in [0.25, 0.3) is 0 Å². The fraction of sp³-hybridized carbons (Fsp3) is 0.643. The zero-order chi connectivity index (χ0) is 14.1. The minimum absolute atomic E-state index is 0.163. The molecule has 0 radical (unpaired) electrons. The van der Waals surface area contributed by atoms with Gasteiger partial charge in [-0.2, -0.15) is 4.98 Å². The molecule has 20 heavy (non-hydrogen) atoms. The maximum absolute atomic E-state index is 11.6. The molecule has 3 rings (SSSR count). The number of carbonyl (C=O) groups is 1. The number of nitrogens with zero attached hydrogens (tertiary/aromatic N) is 2. The molecule has 1 saturated carbocycles. The van der Waals surface area contributed by atoms with Crippen molar-refractivity contribution in [2.45, 2.75) is 44.7 Å². The highest BCUT2D eigenvalue weighted by Crippen LogP contribution is 2.37. The van der Waals surface area contributed by atoms with Crippen LogP contribution in [0.3, 0.4) is 0 Å². The number of aromatic nitrogens is 2. The summed E-state index contributed by atoms with van der Waals surface area (Å²) in [6.07, 6.45) is 3.82. The highest BCUT2D eigenvalue weighted by molar-refractivity contribution is 5.77. The molecule has 1 amide bonds. The summed E-state index contributed by atoms with van der Waals surface area (Å²) in [7, 11) is 1.56. The Morgan fingerprint density at radius 2 is 2.15 bits per heavy atom. The standard InChI is InChI=1S/C14H20N4O2/c1-8-7-11(17-14(15-8)20-2)16-10-5-6-12(19)18-13(10)9-3-4-9/h7,9-10,13H,3-6H2,1-2H3,(H,18,19)(H,15,16,17)/t10-,13+/m1/s1. The van der Waals surface area contributed by atoms with Crippen LogP contribution < -0.4 is 15.4 Å². The first-order valence-corrected chi connectivity index (χ1v) is 7.11. The van der Waals surface area contributed by atoms with Crippen molar-refractivity contribution in [1.82, 2.24) is 15.3 Å². The number of rotatable bonds is 4. The van der Waals surface area contributed by atoms with Gasteiger partial charge in [-0.15, -0.1) is 0 Å². The van der Waals surface area contributed by atoms with Crippen molar-refractivity contribution < 1.29 is 9.53 Å². The average Bonchev–Trinajstić information content (AvgIpc) is 3.24. The zero-order valence-electron chi connectivity index (χ0n) is 11.8. The number of nitrogens with one attached hydrogen (secondary N) is 2. The summed E-state index contributed by atoms with van der Waals surface area (Å²) in [5, 5.41) is 6.56. The molecule has 6 heteroatoms. The normalized spacial score (nSPS) is 26.0. The van der Waals surface area contributed by atoms with Crippen molar-refractivity contribution >= 4 is 11.7 Å². The third-order valence-corrected chi connectivity index (χ3v) is 3.92. The zero-order valence-corrected chi connectivity index (χ0v) is 11.8. The Morgan fingerprint density at radius 1 is 1.35 bits per heavy atom. The molecule has 0 aromatic carbocycles. The maximum Gasteiger partial charge on any atom is 0.318 e.